The van der Waals surface area contributed by atoms with Gasteiger partial charge < -0.3 is 16.4 Å². The zero-order chi connectivity index (χ0) is 10.3. The summed E-state index contributed by atoms with van der Waals surface area (Å²) in [4.78, 5) is 13.5. The number of amides is 1. The molecule has 0 aromatic carbocycles. The minimum atomic E-state index is -0.359. The largest absolute Gasteiger partial charge is 0.341 e. The van der Waals surface area contributed by atoms with E-state index in [1.165, 1.54) is 0 Å². The van der Waals surface area contributed by atoms with Crippen molar-refractivity contribution in [3.8, 4) is 0 Å². The van der Waals surface area contributed by atoms with E-state index in [2.05, 4.69) is 0 Å². The molecule has 1 heterocycles. The minimum absolute atomic E-state index is 0.0907. The quantitative estimate of drug-likeness (QED) is 0.597. The van der Waals surface area contributed by atoms with Crippen molar-refractivity contribution in [3.63, 3.8) is 0 Å². The number of rotatable bonds is 1. The Kier molecular flexibility index (Phi) is 2.49. The molecule has 4 nitrogen and oxygen atoms in total. The van der Waals surface area contributed by atoms with Crippen LogP contribution in [0, 0.1) is 11.8 Å². The van der Waals surface area contributed by atoms with Crippen molar-refractivity contribution in [2.24, 2.45) is 23.3 Å². The van der Waals surface area contributed by atoms with Gasteiger partial charge >= 0.3 is 0 Å². The zero-order valence-electron chi connectivity index (χ0n) is 8.65. The van der Waals surface area contributed by atoms with Gasteiger partial charge in [-0.25, -0.2) is 0 Å². The van der Waals surface area contributed by atoms with Crippen LogP contribution in [0.5, 0.6) is 0 Å². The standard InChI is InChI=1S/C10H19N3O/c1-6(11)10(14)13-4-7-2-9(12)3-8(7)5-13/h6-9H,2-5,11-12H2,1H3/t6?,7-,8+,9?. The Bertz CT molecular complexity index is 228. The molecule has 2 unspecified atom stereocenters. The van der Waals surface area contributed by atoms with E-state index in [1.54, 1.807) is 6.92 Å². The number of fused-ring (bicyclic) bond motifs is 1. The van der Waals surface area contributed by atoms with Gasteiger partial charge in [0.05, 0.1) is 6.04 Å². The molecule has 0 bridgehead atoms. The Morgan fingerprint density at radius 1 is 1.36 bits per heavy atom. The summed E-state index contributed by atoms with van der Waals surface area (Å²) in [5, 5.41) is 0. The Morgan fingerprint density at radius 3 is 2.29 bits per heavy atom. The molecule has 2 aliphatic rings. The highest BCUT2D eigenvalue weighted by molar-refractivity contribution is 5.81. The van der Waals surface area contributed by atoms with Gasteiger partial charge in [0.15, 0.2) is 0 Å². The maximum Gasteiger partial charge on any atom is 0.239 e. The molecule has 0 spiro atoms. The molecule has 80 valence electrons. The lowest BCUT2D eigenvalue weighted by Gasteiger charge is -2.20. The summed E-state index contributed by atoms with van der Waals surface area (Å²) in [7, 11) is 0. The molecule has 1 saturated carbocycles. The van der Waals surface area contributed by atoms with Gasteiger partial charge in [0, 0.05) is 19.1 Å². The third kappa shape index (κ3) is 1.64. The first-order valence-corrected chi connectivity index (χ1v) is 5.38. The Hall–Kier alpha value is -0.610. The van der Waals surface area contributed by atoms with Crippen LogP contribution >= 0.6 is 0 Å². The normalized spacial score (nSPS) is 38.5. The smallest absolute Gasteiger partial charge is 0.239 e. The van der Waals surface area contributed by atoms with E-state index < -0.39 is 0 Å². The van der Waals surface area contributed by atoms with Crippen LogP contribution in [0.15, 0.2) is 0 Å². The second-order valence-electron chi connectivity index (χ2n) is 4.78. The highest BCUT2D eigenvalue weighted by Crippen LogP contribution is 2.37. The van der Waals surface area contributed by atoms with Crippen LogP contribution in [0.1, 0.15) is 19.8 Å². The molecule has 0 radical (unpaired) electrons. The van der Waals surface area contributed by atoms with Crippen LogP contribution in [-0.4, -0.2) is 36.0 Å². The van der Waals surface area contributed by atoms with Crippen molar-refractivity contribution in [2.75, 3.05) is 13.1 Å². The fourth-order valence-electron chi connectivity index (χ4n) is 2.81. The molecular weight excluding hydrogens is 178 g/mol. The second kappa shape index (κ2) is 3.51. The van der Waals surface area contributed by atoms with E-state index in [0.29, 0.717) is 17.9 Å². The lowest BCUT2D eigenvalue weighted by Crippen LogP contribution is -2.41. The fourth-order valence-corrected chi connectivity index (χ4v) is 2.81. The third-order valence-electron chi connectivity index (χ3n) is 3.49. The maximum absolute atomic E-state index is 11.6. The molecular formula is C10H19N3O. The molecule has 2 rings (SSSR count). The zero-order valence-corrected chi connectivity index (χ0v) is 8.65. The van der Waals surface area contributed by atoms with Crippen LogP contribution < -0.4 is 11.5 Å². The predicted octanol–water partition coefficient (Wildman–Crippen LogP) is -0.471. The van der Waals surface area contributed by atoms with E-state index in [-0.39, 0.29) is 11.9 Å². The summed E-state index contributed by atoms with van der Waals surface area (Å²) in [6, 6.07) is 0.0000482. The van der Waals surface area contributed by atoms with Crippen LogP contribution in [0.25, 0.3) is 0 Å². The SMILES string of the molecule is CC(N)C(=O)N1C[C@H]2CC(N)C[C@H]2C1. The Morgan fingerprint density at radius 2 is 1.86 bits per heavy atom. The molecule has 4 heteroatoms. The highest BCUT2D eigenvalue weighted by Gasteiger charge is 2.41. The second-order valence-corrected chi connectivity index (χ2v) is 4.78. The highest BCUT2D eigenvalue weighted by atomic mass is 16.2. The Balaban J connectivity index is 1.94. The van der Waals surface area contributed by atoms with E-state index in [1.807, 2.05) is 4.90 Å². The average Bonchev–Trinajstić information content (AvgIpc) is 2.59. The molecule has 2 fully saturated rings. The fraction of sp³-hybridized carbons (Fsp3) is 0.900. The van der Waals surface area contributed by atoms with Gasteiger partial charge in [-0.2, -0.15) is 0 Å². The number of nitrogens with two attached hydrogens (primary N) is 2. The van der Waals surface area contributed by atoms with Crippen molar-refractivity contribution < 1.29 is 4.79 Å². The van der Waals surface area contributed by atoms with E-state index >= 15 is 0 Å². The van der Waals surface area contributed by atoms with Gasteiger partial charge in [0.25, 0.3) is 0 Å². The van der Waals surface area contributed by atoms with Crippen molar-refractivity contribution >= 4 is 5.91 Å². The lowest BCUT2D eigenvalue weighted by molar-refractivity contribution is -0.131. The molecule has 0 aromatic rings. The third-order valence-corrected chi connectivity index (χ3v) is 3.49. The first-order valence-electron chi connectivity index (χ1n) is 5.38. The van der Waals surface area contributed by atoms with E-state index in [0.717, 1.165) is 25.9 Å². The van der Waals surface area contributed by atoms with Crippen LogP contribution in [-0.2, 0) is 4.79 Å². The number of likely N-dealkylation sites (tertiary alicyclic amines) is 1. The van der Waals surface area contributed by atoms with Crippen molar-refractivity contribution in [1.82, 2.24) is 4.90 Å². The van der Waals surface area contributed by atoms with Crippen molar-refractivity contribution in [2.45, 2.75) is 31.8 Å². The topological polar surface area (TPSA) is 72.4 Å². The summed E-state index contributed by atoms with van der Waals surface area (Å²) in [6.07, 6.45) is 2.15. The molecule has 1 aliphatic heterocycles. The first-order chi connectivity index (χ1) is 6.58. The predicted molar refractivity (Wildman–Crippen MR) is 54.4 cm³/mol. The number of nitrogens with zero attached hydrogens (tertiary/aromatic N) is 1. The number of carbonyl (C=O) groups excluding carboxylic acids is 1. The molecule has 1 aliphatic carbocycles. The summed E-state index contributed by atoms with van der Waals surface area (Å²) >= 11 is 0. The van der Waals surface area contributed by atoms with Gasteiger partial charge in [0.1, 0.15) is 0 Å². The van der Waals surface area contributed by atoms with Gasteiger partial charge in [-0.05, 0) is 31.6 Å². The average molecular weight is 197 g/mol. The number of hydrogen-bond acceptors (Lipinski definition) is 3. The lowest BCUT2D eigenvalue weighted by atomic mass is 10.0. The van der Waals surface area contributed by atoms with Gasteiger partial charge in [-0.3, -0.25) is 4.79 Å². The van der Waals surface area contributed by atoms with E-state index in [9.17, 15) is 4.79 Å². The van der Waals surface area contributed by atoms with Crippen LogP contribution in [0.3, 0.4) is 0 Å². The molecule has 1 saturated heterocycles. The van der Waals surface area contributed by atoms with Crippen molar-refractivity contribution in [1.29, 1.82) is 0 Å². The summed E-state index contributed by atoms with van der Waals surface area (Å²) in [5.41, 5.74) is 11.5. The number of hydrogen-bond donors (Lipinski definition) is 2. The maximum atomic E-state index is 11.6. The first kappa shape index (κ1) is 9.93. The monoisotopic (exact) mass is 197 g/mol. The molecule has 4 N–H and O–H groups in total. The number of carbonyl (C=O) groups is 1. The van der Waals surface area contributed by atoms with Crippen LogP contribution in [0.2, 0.25) is 0 Å². The van der Waals surface area contributed by atoms with Gasteiger partial charge in [-0.15, -0.1) is 0 Å². The van der Waals surface area contributed by atoms with Gasteiger partial charge in [0.2, 0.25) is 5.91 Å². The molecule has 4 atom stereocenters. The molecule has 1 amide bonds. The van der Waals surface area contributed by atoms with Gasteiger partial charge in [-0.1, -0.05) is 0 Å². The molecule has 0 aromatic heterocycles. The van der Waals surface area contributed by atoms with Crippen molar-refractivity contribution in [3.05, 3.63) is 0 Å². The Labute approximate surface area is 84.6 Å². The summed E-state index contributed by atoms with van der Waals surface area (Å²) < 4.78 is 0. The van der Waals surface area contributed by atoms with Crippen LogP contribution in [0.4, 0.5) is 0 Å². The van der Waals surface area contributed by atoms with E-state index in [4.69, 9.17) is 11.5 Å². The summed E-state index contributed by atoms with van der Waals surface area (Å²) in [5.74, 6) is 1.35. The molecule has 14 heavy (non-hydrogen) atoms. The minimum Gasteiger partial charge on any atom is -0.341 e. The summed E-state index contributed by atoms with van der Waals surface area (Å²) in [6.45, 7) is 3.50.